The van der Waals surface area contributed by atoms with E-state index in [-0.39, 0.29) is 16.8 Å². The fourth-order valence-corrected chi connectivity index (χ4v) is 1.83. The standard InChI is InChI=1S/C11H17N3O4S/c1-8(19(3)17)6-7-12-11-9(14(15)16)4-5-10(13-11)18-2/h4-5,8H,6-7H2,1-3H3,(H,12,13). The molecule has 7 nitrogen and oxygen atoms in total. The minimum Gasteiger partial charge on any atom is -0.481 e. The van der Waals surface area contributed by atoms with E-state index in [4.69, 9.17) is 4.74 Å². The van der Waals surface area contributed by atoms with Gasteiger partial charge in [-0.3, -0.25) is 14.3 Å². The fraction of sp³-hybridized carbons (Fsp3) is 0.545. The summed E-state index contributed by atoms with van der Waals surface area (Å²) in [5, 5.41) is 13.8. The second kappa shape index (κ2) is 7.03. The van der Waals surface area contributed by atoms with Gasteiger partial charge in [-0.25, -0.2) is 0 Å². The summed E-state index contributed by atoms with van der Waals surface area (Å²) in [6.45, 7) is 2.33. The highest BCUT2D eigenvalue weighted by molar-refractivity contribution is 7.84. The van der Waals surface area contributed by atoms with Crippen LogP contribution in [0.3, 0.4) is 0 Å². The molecule has 1 aromatic rings. The molecule has 19 heavy (non-hydrogen) atoms. The van der Waals surface area contributed by atoms with Crippen LogP contribution in [0.2, 0.25) is 0 Å². The number of nitro groups is 1. The van der Waals surface area contributed by atoms with E-state index < -0.39 is 15.7 Å². The molecule has 0 amide bonds. The summed E-state index contributed by atoms with van der Waals surface area (Å²) in [5.74, 6) is 0.471. The maximum absolute atomic E-state index is 11.2. The van der Waals surface area contributed by atoms with Crippen molar-refractivity contribution in [2.24, 2.45) is 0 Å². The Morgan fingerprint density at radius 3 is 2.79 bits per heavy atom. The summed E-state index contributed by atoms with van der Waals surface area (Å²) in [7, 11) is 0.537. The van der Waals surface area contributed by atoms with E-state index in [2.05, 4.69) is 10.3 Å². The summed E-state index contributed by atoms with van der Waals surface area (Å²) in [6, 6.07) is 2.78. The number of pyridine rings is 1. The number of methoxy groups -OCH3 is 1. The van der Waals surface area contributed by atoms with Gasteiger partial charge < -0.3 is 10.1 Å². The molecule has 2 unspecified atom stereocenters. The first-order chi connectivity index (χ1) is 8.95. The van der Waals surface area contributed by atoms with Crippen molar-refractivity contribution in [3.8, 4) is 5.88 Å². The van der Waals surface area contributed by atoms with Crippen LogP contribution >= 0.6 is 0 Å². The summed E-state index contributed by atoms with van der Waals surface area (Å²) in [5.41, 5.74) is -0.105. The molecule has 0 aliphatic rings. The van der Waals surface area contributed by atoms with Crippen LogP contribution in [-0.2, 0) is 10.8 Å². The van der Waals surface area contributed by atoms with Crippen molar-refractivity contribution in [3.05, 3.63) is 22.2 Å². The molecule has 0 aromatic carbocycles. The van der Waals surface area contributed by atoms with Crippen LogP contribution in [0.4, 0.5) is 11.5 Å². The van der Waals surface area contributed by atoms with Crippen LogP contribution in [0.1, 0.15) is 13.3 Å². The lowest BCUT2D eigenvalue weighted by Gasteiger charge is -2.10. The molecule has 0 spiro atoms. The molecule has 0 fully saturated rings. The van der Waals surface area contributed by atoms with Gasteiger partial charge in [0.15, 0.2) is 0 Å². The zero-order valence-electron chi connectivity index (χ0n) is 11.1. The lowest BCUT2D eigenvalue weighted by Crippen LogP contribution is -2.16. The fourth-order valence-electron chi connectivity index (χ4n) is 1.38. The number of aromatic nitrogens is 1. The Hall–Kier alpha value is -1.70. The molecule has 1 heterocycles. The molecule has 8 heteroatoms. The van der Waals surface area contributed by atoms with Crippen molar-refractivity contribution in [1.29, 1.82) is 0 Å². The van der Waals surface area contributed by atoms with Gasteiger partial charge in [-0.15, -0.1) is 0 Å². The third kappa shape index (κ3) is 4.47. The summed E-state index contributed by atoms with van der Waals surface area (Å²) < 4.78 is 16.1. The predicted molar refractivity (Wildman–Crippen MR) is 74.1 cm³/mol. The molecule has 0 saturated heterocycles. The number of hydrogen-bond donors (Lipinski definition) is 1. The van der Waals surface area contributed by atoms with Gasteiger partial charge in [-0.2, -0.15) is 4.98 Å². The van der Waals surface area contributed by atoms with Crippen molar-refractivity contribution in [1.82, 2.24) is 4.98 Å². The van der Waals surface area contributed by atoms with Crippen LogP contribution in [-0.4, -0.2) is 39.3 Å². The molecular formula is C11H17N3O4S. The first-order valence-electron chi connectivity index (χ1n) is 5.71. The number of ether oxygens (including phenoxy) is 1. The first kappa shape index (κ1) is 15.4. The van der Waals surface area contributed by atoms with Gasteiger partial charge in [0, 0.05) is 41.0 Å². The Kier molecular flexibility index (Phi) is 5.68. The van der Waals surface area contributed by atoms with Crippen molar-refractivity contribution in [2.75, 3.05) is 25.2 Å². The summed E-state index contributed by atoms with van der Waals surface area (Å²) in [4.78, 5) is 14.4. The number of anilines is 1. The SMILES string of the molecule is COc1ccc([N+](=O)[O-])c(NCCC(C)S(C)=O)n1. The Labute approximate surface area is 114 Å². The number of rotatable bonds is 7. The average molecular weight is 287 g/mol. The van der Waals surface area contributed by atoms with E-state index in [0.717, 1.165) is 0 Å². The van der Waals surface area contributed by atoms with Crippen LogP contribution in [0, 0.1) is 10.1 Å². The predicted octanol–water partition coefficient (Wildman–Crippen LogP) is 1.57. The Bertz CT molecular complexity index is 481. The number of nitrogens with one attached hydrogen (secondary N) is 1. The first-order valence-corrected chi connectivity index (χ1v) is 7.33. The van der Waals surface area contributed by atoms with Crippen LogP contribution < -0.4 is 10.1 Å². The summed E-state index contributed by atoms with van der Waals surface area (Å²) >= 11 is 0. The quantitative estimate of drug-likeness (QED) is 0.604. The summed E-state index contributed by atoms with van der Waals surface area (Å²) in [6.07, 6.45) is 2.27. The minimum atomic E-state index is -0.907. The molecule has 1 rings (SSSR count). The van der Waals surface area contributed by atoms with E-state index in [0.29, 0.717) is 18.8 Å². The smallest absolute Gasteiger partial charge is 0.311 e. The molecule has 0 aliphatic carbocycles. The lowest BCUT2D eigenvalue weighted by molar-refractivity contribution is -0.384. The van der Waals surface area contributed by atoms with Gasteiger partial charge in [0.25, 0.3) is 0 Å². The van der Waals surface area contributed by atoms with Gasteiger partial charge in [-0.1, -0.05) is 6.92 Å². The van der Waals surface area contributed by atoms with E-state index in [9.17, 15) is 14.3 Å². The third-order valence-corrected chi connectivity index (χ3v) is 4.03. The molecule has 1 aromatic heterocycles. The topological polar surface area (TPSA) is 94.4 Å². The Morgan fingerprint density at radius 1 is 1.58 bits per heavy atom. The number of hydrogen-bond acceptors (Lipinski definition) is 6. The maximum atomic E-state index is 11.2. The van der Waals surface area contributed by atoms with Crippen molar-refractivity contribution in [3.63, 3.8) is 0 Å². The van der Waals surface area contributed by atoms with E-state index in [1.165, 1.54) is 19.2 Å². The maximum Gasteiger partial charge on any atom is 0.311 e. The van der Waals surface area contributed by atoms with Crippen molar-refractivity contribution < 1.29 is 13.9 Å². The average Bonchev–Trinajstić information content (AvgIpc) is 2.37. The second-order valence-corrected chi connectivity index (χ2v) is 5.81. The van der Waals surface area contributed by atoms with Crippen molar-refractivity contribution >= 4 is 22.3 Å². The van der Waals surface area contributed by atoms with Crippen LogP contribution in [0.5, 0.6) is 5.88 Å². The molecule has 1 N–H and O–H groups in total. The van der Waals surface area contributed by atoms with Gasteiger partial charge in [0.05, 0.1) is 12.0 Å². The lowest BCUT2D eigenvalue weighted by atomic mass is 10.3. The zero-order valence-corrected chi connectivity index (χ0v) is 11.9. The van der Waals surface area contributed by atoms with E-state index in [1.54, 1.807) is 6.26 Å². The van der Waals surface area contributed by atoms with E-state index >= 15 is 0 Å². The van der Waals surface area contributed by atoms with Gasteiger partial charge in [-0.05, 0) is 6.42 Å². The molecular weight excluding hydrogens is 270 g/mol. The van der Waals surface area contributed by atoms with Gasteiger partial charge >= 0.3 is 5.69 Å². The van der Waals surface area contributed by atoms with Gasteiger partial charge in [0.1, 0.15) is 0 Å². The third-order valence-electron chi connectivity index (χ3n) is 2.66. The Balaban J connectivity index is 2.75. The molecule has 0 radical (unpaired) electrons. The van der Waals surface area contributed by atoms with E-state index in [1.807, 2.05) is 6.92 Å². The zero-order chi connectivity index (χ0) is 14.4. The monoisotopic (exact) mass is 287 g/mol. The molecule has 0 saturated carbocycles. The normalized spacial score (nSPS) is 13.6. The molecule has 0 bridgehead atoms. The van der Waals surface area contributed by atoms with Crippen LogP contribution in [0.25, 0.3) is 0 Å². The highest BCUT2D eigenvalue weighted by atomic mass is 32.2. The molecule has 0 aliphatic heterocycles. The highest BCUT2D eigenvalue weighted by Gasteiger charge is 2.16. The largest absolute Gasteiger partial charge is 0.481 e. The van der Waals surface area contributed by atoms with Crippen LogP contribution in [0.15, 0.2) is 12.1 Å². The van der Waals surface area contributed by atoms with Crippen molar-refractivity contribution in [2.45, 2.75) is 18.6 Å². The molecule has 106 valence electrons. The second-order valence-electron chi connectivity index (χ2n) is 4.00. The Morgan fingerprint density at radius 2 is 2.26 bits per heavy atom. The molecule has 2 atom stereocenters. The highest BCUT2D eigenvalue weighted by Crippen LogP contribution is 2.24. The van der Waals surface area contributed by atoms with Gasteiger partial charge in [0.2, 0.25) is 11.7 Å². The minimum absolute atomic E-state index is 0.0252. The number of nitrogens with zero attached hydrogens (tertiary/aromatic N) is 2.